The number of fused-ring (bicyclic) bond motifs is 1. The van der Waals surface area contributed by atoms with Crippen LogP contribution < -0.4 is 19.7 Å². The second-order valence-corrected chi connectivity index (χ2v) is 11.8. The number of anilines is 2. The highest BCUT2D eigenvalue weighted by molar-refractivity contribution is 7.89. The van der Waals surface area contributed by atoms with Crippen molar-refractivity contribution in [3.8, 4) is 11.5 Å². The van der Waals surface area contributed by atoms with E-state index in [1.165, 1.54) is 16.4 Å². The van der Waals surface area contributed by atoms with Crippen LogP contribution >= 0.6 is 0 Å². The zero-order valence-electron chi connectivity index (χ0n) is 21.5. The topological polar surface area (TPSA) is 114 Å². The van der Waals surface area contributed by atoms with Crippen molar-refractivity contribution in [1.29, 1.82) is 0 Å². The minimum absolute atomic E-state index is 0.0498. The molecule has 3 heterocycles. The predicted molar refractivity (Wildman–Crippen MR) is 145 cm³/mol. The summed E-state index contributed by atoms with van der Waals surface area (Å²) in [7, 11) is -2.08. The van der Waals surface area contributed by atoms with Crippen molar-refractivity contribution in [2.75, 3.05) is 50.4 Å². The van der Waals surface area contributed by atoms with Gasteiger partial charge in [-0.1, -0.05) is 12.1 Å². The van der Waals surface area contributed by atoms with Gasteiger partial charge >= 0.3 is 0 Å². The summed E-state index contributed by atoms with van der Waals surface area (Å²) in [5.74, 6) is 0.401. The van der Waals surface area contributed by atoms with Gasteiger partial charge in [-0.2, -0.15) is 4.31 Å². The highest BCUT2D eigenvalue weighted by atomic mass is 32.2. The van der Waals surface area contributed by atoms with Gasteiger partial charge in [-0.05, 0) is 49.6 Å². The molecule has 0 atom stereocenters. The largest absolute Gasteiger partial charge is 0.454 e. The number of sulfonamides is 1. The van der Waals surface area contributed by atoms with Crippen LogP contribution in [0.25, 0.3) is 10.8 Å². The second-order valence-electron chi connectivity index (χ2n) is 9.85. The van der Waals surface area contributed by atoms with Crippen molar-refractivity contribution in [3.05, 3.63) is 54.1 Å². The number of ether oxygens (including phenoxy) is 3. The molecule has 1 N–H and O–H groups in total. The third-order valence-corrected chi connectivity index (χ3v) is 9.47. The average molecular weight is 552 g/mol. The zero-order valence-corrected chi connectivity index (χ0v) is 22.3. The maximum Gasteiger partial charge on any atom is 0.258 e. The van der Waals surface area contributed by atoms with Gasteiger partial charge in [0.15, 0.2) is 11.5 Å². The standard InChI is InChI=1S/C28H29N3O7S/c1-36-15-3-12-31-23-8-7-22(20-4-2-5-21(26(20)23)28(31)33)29-27(32)18-10-13-30(14-11-18)39(34,35)19-6-9-24-25(16-19)38-17-37-24/h2,4-9,16,18H,3,10-15,17H2,1H3,(H,29,32). The van der Waals surface area contributed by atoms with E-state index in [-0.39, 0.29) is 42.5 Å². The molecule has 3 aliphatic rings. The Morgan fingerprint density at radius 1 is 1.08 bits per heavy atom. The van der Waals surface area contributed by atoms with Gasteiger partial charge in [0.1, 0.15) is 0 Å². The summed E-state index contributed by atoms with van der Waals surface area (Å²) in [5, 5.41) is 4.69. The number of nitrogens with zero attached hydrogens (tertiary/aromatic N) is 2. The Balaban J connectivity index is 1.15. The maximum atomic E-state index is 13.3. The molecule has 1 saturated heterocycles. The Labute approximate surface area is 226 Å². The molecule has 3 aromatic rings. The van der Waals surface area contributed by atoms with E-state index in [1.54, 1.807) is 18.1 Å². The molecular weight excluding hydrogens is 522 g/mol. The molecule has 39 heavy (non-hydrogen) atoms. The lowest BCUT2D eigenvalue weighted by molar-refractivity contribution is -0.120. The molecule has 10 nitrogen and oxygen atoms in total. The van der Waals surface area contributed by atoms with Crippen LogP contribution in [0.1, 0.15) is 29.6 Å². The van der Waals surface area contributed by atoms with E-state index in [2.05, 4.69) is 5.32 Å². The molecule has 204 valence electrons. The molecule has 3 aliphatic heterocycles. The van der Waals surface area contributed by atoms with Gasteiger partial charge in [0, 0.05) is 67.4 Å². The number of amides is 2. The number of hydrogen-bond acceptors (Lipinski definition) is 7. The normalized spacial score (nSPS) is 17.3. The van der Waals surface area contributed by atoms with Crippen LogP contribution in [0, 0.1) is 5.92 Å². The van der Waals surface area contributed by atoms with Crippen LogP contribution in [0.2, 0.25) is 0 Å². The maximum absolute atomic E-state index is 13.3. The number of rotatable bonds is 8. The first-order valence-corrected chi connectivity index (χ1v) is 14.4. The number of carbonyl (C=O) groups excluding carboxylic acids is 2. The molecule has 0 saturated carbocycles. The summed E-state index contributed by atoms with van der Waals surface area (Å²) in [4.78, 5) is 28.2. The third kappa shape index (κ3) is 4.50. The van der Waals surface area contributed by atoms with Crippen LogP contribution in [0.5, 0.6) is 11.5 Å². The molecule has 0 unspecified atom stereocenters. The van der Waals surface area contributed by atoms with Crippen LogP contribution in [0.15, 0.2) is 53.4 Å². The van der Waals surface area contributed by atoms with E-state index in [1.807, 2.05) is 30.3 Å². The van der Waals surface area contributed by atoms with E-state index in [4.69, 9.17) is 14.2 Å². The van der Waals surface area contributed by atoms with Crippen LogP contribution in [-0.2, 0) is 19.6 Å². The van der Waals surface area contributed by atoms with Crippen molar-refractivity contribution in [3.63, 3.8) is 0 Å². The van der Waals surface area contributed by atoms with E-state index < -0.39 is 10.0 Å². The first kappa shape index (κ1) is 25.6. The summed E-state index contributed by atoms with van der Waals surface area (Å²) in [5.41, 5.74) is 2.10. The predicted octanol–water partition coefficient (Wildman–Crippen LogP) is 3.60. The monoisotopic (exact) mass is 551 g/mol. The van der Waals surface area contributed by atoms with Gasteiger partial charge in [-0.15, -0.1) is 0 Å². The van der Waals surface area contributed by atoms with Crippen molar-refractivity contribution in [2.45, 2.75) is 24.2 Å². The SMILES string of the molecule is COCCCN1C(=O)c2cccc3c(NC(=O)C4CCN(S(=O)(=O)c5ccc6c(c5)OCO6)CC4)ccc1c23. The molecule has 11 heteroatoms. The van der Waals surface area contributed by atoms with E-state index >= 15 is 0 Å². The van der Waals surface area contributed by atoms with Crippen molar-refractivity contribution in [1.82, 2.24) is 4.31 Å². The lowest BCUT2D eigenvalue weighted by Crippen LogP contribution is -2.41. The Hall–Kier alpha value is -3.67. The van der Waals surface area contributed by atoms with Gasteiger partial charge in [0.25, 0.3) is 5.91 Å². The Morgan fingerprint density at radius 2 is 1.87 bits per heavy atom. The van der Waals surface area contributed by atoms with Gasteiger partial charge in [-0.3, -0.25) is 9.59 Å². The van der Waals surface area contributed by atoms with E-state index in [0.29, 0.717) is 48.7 Å². The van der Waals surface area contributed by atoms with Crippen LogP contribution in [-0.4, -0.2) is 64.7 Å². The summed E-state index contributed by atoms with van der Waals surface area (Å²) in [6.07, 6.45) is 1.53. The Bertz CT molecular complexity index is 1560. The first-order valence-electron chi connectivity index (χ1n) is 13.0. The van der Waals surface area contributed by atoms with Gasteiger partial charge in [0.2, 0.25) is 22.7 Å². The quantitative estimate of drug-likeness (QED) is 0.426. The number of carbonyl (C=O) groups is 2. The molecule has 6 rings (SSSR count). The van der Waals surface area contributed by atoms with Gasteiger partial charge < -0.3 is 24.4 Å². The van der Waals surface area contributed by atoms with Crippen LogP contribution in [0.4, 0.5) is 11.4 Å². The number of benzene rings is 3. The fourth-order valence-electron chi connectivity index (χ4n) is 5.52. The number of methoxy groups -OCH3 is 1. The fraction of sp³-hybridized carbons (Fsp3) is 0.357. The Morgan fingerprint density at radius 3 is 2.67 bits per heavy atom. The van der Waals surface area contributed by atoms with Crippen molar-refractivity contribution < 1.29 is 32.2 Å². The molecule has 2 amide bonds. The lowest BCUT2D eigenvalue weighted by atomic mass is 9.96. The third-order valence-electron chi connectivity index (χ3n) is 7.58. The minimum atomic E-state index is -3.72. The average Bonchev–Trinajstić information content (AvgIpc) is 3.53. The van der Waals surface area contributed by atoms with E-state index in [9.17, 15) is 18.0 Å². The van der Waals surface area contributed by atoms with Gasteiger partial charge in [-0.25, -0.2) is 8.42 Å². The molecule has 0 aromatic heterocycles. The van der Waals surface area contributed by atoms with E-state index in [0.717, 1.165) is 22.9 Å². The molecule has 0 radical (unpaired) electrons. The molecule has 0 spiro atoms. The smallest absolute Gasteiger partial charge is 0.258 e. The van der Waals surface area contributed by atoms with Crippen LogP contribution in [0.3, 0.4) is 0 Å². The fourth-order valence-corrected chi connectivity index (χ4v) is 7.01. The van der Waals surface area contributed by atoms with Crippen molar-refractivity contribution >= 4 is 44.0 Å². The lowest BCUT2D eigenvalue weighted by Gasteiger charge is -2.30. The first-order chi connectivity index (χ1) is 18.9. The molecule has 1 fully saturated rings. The highest BCUT2D eigenvalue weighted by Gasteiger charge is 2.34. The molecule has 3 aromatic carbocycles. The number of nitrogens with one attached hydrogen (secondary N) is 1. The molecule has 0 aliphatic carbocycles. The summed E-state index contributed by atoms with van der Waals surface area (Å²) < 4.78 is 43.5. The number of hydrogen-bond donors (Lipinski definition) is 1. The Kier molecular flexibility index (Phi) is 6.66. The summed E-state index contributed by atoms with van der Waals surface area (Å²) in [6, 6.07) is 13.8. The minimum Gasteiger partial charge on any atom is -0.454 e. The number of piperidine rings is 1. The molecular formula is C28H29N3O7S. The summed E-state index contributed by atoms with van der Waals surface area (Å²) >= 11 is 0. The zero-order chi connectivity index (χ0) is 27.1. The molecule has 0 bridgehead atoms. The highest BCUT2D eigenvalue weighted by Crippen LogP contribution is 2.41. The summed E-state index contributed by atoms with van der Waals surface area (Å²) in [6.45, 7) is 1.67. The van der Waals surface area contributed by atoms with Gasteiger partial charge in [0.05, 0.1) is 10.6 Å². The van der Waals surface area contributed by atoms with Crippen molar-refractivity contribution in [2.24, 2.45) is 5.92 Å². The second kappa shape index (κ2) is 10.1.